The van der Waals surface area contributed by atoms with Gasteiger partial charge >= 0.3 is 6.98 Å². The maximum absolute atomic E-state index is 2.75. The van der Waals surface area contributed by atoms with Gasteiger partial charge in [0.05, 0.1) is 0 Å². The molecule has 0 amide bonds. The highest BCUT2D eigenvalue weighted by molar-refractivity contribution is 6.54. The molecule has 2 atom stereocenters. The highest BCUT2D eigenvalue weighted by Crippen LogP contribution is 2.36. The van der Waals surface area contributed by atoms with Crippen molar-refractivity contribution in [2.75, 3.05) is 0 Å². The molecule has 0 N–H and O–H groups in total. The van der Waals surface area contributed by atoms with Crippen molar-refractivity contribution in [3.8, 4) is 0 Å². The minimum atomic E-state index is 0.592. The van der Waals surface area contributed by atoms with Gasteiger partial charge in [0.15, 0.2) is 0 Å². The molecular formula is C22H41BN2. The first-order valence-electron chi connectivity index (χ1n) is 11.3. The number of hydrogen-bond acceptors (Lipinski definition) is 2. The molecule has 142 valence electrons. The van der Waals surface area contributed by atoms with E-state index < -0.39 is 0 Å². The minimum absolute atomic E-state index is 0.592. The minimum Gasteiger partial charge on any atom is -0.398 e. The van der Waals surface area contributed by atoms with Crippen LogP contribution in [0.4, 0.5) is 0 Å². The Labute approximate surface area is 157 Å². The second kappa shape index (κ2) is 8.86. The van der Waals surface area contributed by atoms with Gasteiger partial charge in [-0.3, -0.25) is 0 Å². The molecule has 2 nitrogen and oxygen atoms in total. The summed E-state index contributed by atoms with van der Waals surface area (Å²) in [6.45, 7) is 10.4. The average Bonchev–Trinajstić information content (AvgIpc) is 3.04. The third-order valence-corrected chi connectivity index (χ3v) is 7.39. The third kappa shape index (κ3) is 4.58. The van der Waals surface area contributed by atoms with Crippen molar-refractivity contribution < 1.29 is 0 Å². The molecule has 1 aliphatic heterocycles. The Morgan fingerprint density at radius 1 is 0.720 bits per heavy atom. The Morgan fingerprint density at radius 3 is 1.48 bits per heavy atom. The van der Waals surface area contributed by atoms with Crippen molar-refractivity contribution >= 4 is 6.98 Å². The molecule has 2 fully saturated rings. The number of rotatable bonds is 6. The van der Waals surface area contributed by atoms with Crippen LogP contribution < -0.4 is 0 Å². The van der Waals surface area contributed by atoms with E-state index in [1.807, 2.05) is 0 Å². The van der Waals surface area contributed by atoms with E-state index in [9.17, 15) is 0 Å². The van der Waals surface area contributed by atoms with E-state index in [0.717, 1.165) is 17.8 Å². The summed E-state index contributed by atoms with van der Waals surface area (Å²) >= 11 is 0. The summed E-state index contributed by atoms with van der Waals surface area (Å²) in [5, 5.41) is 0. The smallest absolute Gasteiger partial charge is 0.375 e. The molecule has 25 heavy (non-hydrogen) atoms. The summed E-state index contributed by atoms with van der Waals surface area (Å²) in [5.41, 5.74) is 0. The van der Waals surface area contributed by atoms with Gasteiger partial charge in [0, 0.05) is 24.5 Å². The largest absolute Gasteiger partial charge is 0.398 e. The Morgan fingerprint density at radius 2 is 1.12 bits per heavy atom. The molecule has 2 saturated carbocycles. The monoisotopic (exact) mass is 344 g/mol. The molecule has 0 aromatic rings. The van der Waals surface area contributed by atoms with Crippen LogP contribution in [0.2, 0.25) is 6.32 Å². The first-order valence-corrected chi connectivity index (χ1v) is 11.3. The maximum atomic E-state index is 2.75. The van der Waals surface area contributed by atoms with Crippen LogP contribution >= 0.6 is 0 Å². The van der Waals surface area contributed by atoms with Crippen LogP contribution in [0.5, 0.6) is 0 Å². The van der Waals surface area contributed by atoms with Gasteiger partial charge in [0.2, 0.25) is 0 Å². The van der Waals surface area contributed by atoms with E-state index in [1.165, 1.54) is 70.5 Å². The van der Waals surface area contributed by atoms with Crippen molar-refractivity contribution in [3.63, 3.8) is 0 Å². The van der Waals surface area contributed by atoms with Crippen LogP contribution in [0.25, 0.3) is 0 Å². The molecule has 0 aromatic heterocycles. The summed E-state index contributed by atoms with van der Waals surface area (Å²) in [6.07, 6.45) is 20.7. The Bertz CT molecular complexity index is 390. The fourth-order valence-corrected chi connectivity index (χ4v) is 5.71. The maximum Gasteiger partial charge on any atom is 0.375 e. The lowest BCUT2D eigenvalue weighted by molar-refractivity contribution is 0.216. The average molecular weight is 344 g/mol. The van der Waals surface area contributed by atoms with Crippen molar-refractivity contribution in [2.24, 2.45) is 17.8 Å². The quantitative estimate of drug-likeness (QED) is 0.533. The SMILES string of the molecule is CC(C)CB1N([C@@H](C)C2CCCCC2)C=CN1[C@@H](C)C1CCCCC1. The van der Waals surface area contributed by atoms with E-state index in [0.29, 0.717) is 19.1 Å². The molecule has 0 saturated heterocycles. The standard InChI is InChI=1S/C22H41BN2/c1-18(2)17-23-24(19(3)21-11-7-5-8-12-21)15-16-25(23)20(4)22-13-9-6-10-14-22/h15-16,18-22H,5-14,17H2,1-4H3/t19-,20-/m0/s1. The van der Waals surface area contributed by atoms with E-state index in [-0.39, 0.29) is 0 Å². The van der Waals surface area contributed by atoms with Gasteiger partial charge in [0.25, 0.3) is 0 Å². The number of nitrogens with zero attached hydrogens (tertiary/aromatic N) is 2. The van der Waals surface area contributed by atoms with Gasteiger partial charge in [-0.2, -0.15) is 0 Å². The van der Waals surface area contributed by atoms with Gasteiger partial charge in [-0.1, -0.05) is 52.4 Å². The highest BCUT2D eigenvalue weighted by atomic mass is 15.3. The van der Waals surface area contributed by atoms with Gasteiger partial charge in [-0.05, 0) is 63.6 Å². The lowest BCUT2D eigenvalue weighted by Gasteiger charge is -2.43. The first-order chi connectivity index (χ1) is 12.1. The predicted octanol–water partition coefficient (Wildman–Crippen LogP) is 6.16. The van der Waals surface area contributed by atoms with Crippen molar-refractivity contribution in [1.29, 1.82) is 0 Å². The van der Waals surface area contributed by atoms with Gasteiger partial charge in [-0.25, -0.2) is 0 Å². The molecule has 3 rings (SSSR count). The van der Waals surface area contributed by atoms with Crippen LogP contribution in [0.3, 0.4) is 0 Å². The van der Waals surface area contributed by atoms with Crippen LogP contribution in [-0.2, 0) is 0 Å². The molecule has 0 spiro atoms. The van der Waals surface area contributed by atoms with Crippen LogP contribution in [0.1, 0.15) is 91.9 Å². The van der Waals surface area contributed by atoms with E-state index in [4.69, 9.17) is 0 Å². The van der Waals surface area contributed by atoms with E-state index in [1.54, 1.807) is 0 Å². The molecule has 0 bridgehead atoms. The fraction of sp³-hybridized carbons (Fsp3) is 0.909. The van der Waals surface area contributed by atoms with Crippen molar-refractivity contribution in [1.82, 2.24) is 9.62 Å². The van der Waals surface area contributed by atoms with Gasteiger partial charge < -0.3 is 9.62 Å². The summed E-state index contributed by atoms with van der Waals surface area (Å²) < 4.78 is 0. The van der Waals surface area contributed by atoms with E-state index in [2.05, 4.69) is 49.7 Å². The van der Waals surface area contributed by atoms with E-state index >= 15 is 0 Å². The lowest BCUT2D eigenvalue weighted by atomic mass is 9.62. The fourth-order valence-electron chi connectivity index (χ4n) is 5.71. The summed E-state index contributed by atoms with van der Waals surface area (Å²) in [5.74, 6) is 2.56. The zero-order valence-electron chi connectivity index (χ0n) is 17.3. The van der Waals surface area contributed by atoms with Gasteiger partial charge in [0.1, 0.15) is 0 Å². The molecule has 2 aliphatic carbocycles. The topological polar surface area (TPSA) is 6.48 Å². The second-order valence-electron chi connectivity index (χ2n) is 9.58. The van der Waals surface area contributed by atoms with Crippen LogP contribution in [-0.4, -0.2) is 28.7 Å². The van der Waals surface area contributed by atoms with Gasteiger partial charge in [-0.15, -0.1) is 0 Å². The summed E-state index contributed by atoms with van der Waals surface area (Å²) in [4.78, 5) is 5.49. The number of hydrogen-bond donors (Lipinski definition) is 0. The zero-order chi connectivity index (χ0) is 17.8. The molecule has 3 heteroatoms. The molecule has 1 heterocycles. The highest BCUT2D eigenvalue weighted by Gasteiger charge is 2.41. The Hall–Kier alpha value is -0.595. The van der Waals surface area contributed by atoms with Crippen LogP contribution in [0, 0.1) is 17.8 Å². The first kappa shape index (κ1) is 19.2. The molecule has 0 unspecified atom stereocenters. The van der Waals surface area contributed by atoms with Crippen molar-refractivity contribution in [3.05, 3.63) is 12.4 Å². The molecule has 0 radical (unpaired) electrons. The predicted molar refractivity (Wildman–Crippen MR) is 110 cm³/mol. The summed E-state index contributed by atoms with van der Waals surface area (Å²) in [6, 6.07) is 1.40. The molecule has 0 aromatic carbocycles. The normalized spacial score (nSPS) is 25.9. The Kier molecular flexibility index (Phi) is 6.80. The van der Waals surface area contributed by atoms with Crippen molar-refractivity contribution in [2.45, 2.75) is 110 Å². The lowest BCUT2D eigenvalue weighted by Crippen LogP contribution is -2.54. The molecular weight excluding hydrogens is 303 g/mol. The van der Waals surface area contributed by atoms with Crippen LogP contribution in [0.15, 0.2) is 12.4 Å². The molecule has 3 aliphatic rings. The second-order valence-corrected chi connectivity index (χ2v) is 9.58. The third-order valence-electron chi connectivity index (χ3n) is 7.39. The summed E-state index contributed by atoms with van der Waals surface area (Å²) in [7, 11) is 0. The zero-order valence-corrected chi connectivity index (χ0v) is 17.3. The Balaban J connectivity index is 1.69.